The van der Waals surface area contributed by atoms with Crippen molar-refractivity contribution in [1.29, 1.82) is 0 Å². The summed E-state index contributed by atoms with van der Waals surface area (Å²) in [6, 6.07) is -1.57. The second-order valence-corrected chi connectivity index (χ2v) is 11.2. The zero-order valence-corrected chi connectivity index (χ0v) is 24.4. The highest BCUT2D eigenvalue weighted by Gasteiger charge is 2.31. The van der Waals surface area contributed by atoms with Crippen LogP contribution in [0.5, 0.6) is 0 Å². The molecule has 0 radical (unpaired) electrons. The molecule has 0 fully saturated rings. The minimum absolute atomic E-state index is 0.0114. The van der Waals surface area contributed by atoms with Gasteiger partial charge in [-0.15, -0.1) is 5.10 Å². The van der Waals surface area contributed by atoms with E-state index in [2.05, 4.69) is 26.3 Å². The molecule has 5 N–H and O–H groups in total. The van der Waals surface area contributed by atoms with Gasteiger partial charge in [-0.1, -0.05) is 57.1 Å². The number of aromatic nitrogens is 3. The monoisotopic (exact) mass is 592 g/mol. The van der Waals surface area contributed by atoms with Crippen molar-refractivity contribution in [3.63, 3.8) is 0 Å². The number of carboxylic acid groups (broad SMARTS) is 1. The number of ether oxygens (including phenoxy) is 1. The van der Waals surface area contributed by atoms with Crippen LogP contribution in [0, 0.1) is 0 Å². The standard InChI is InChI=1S/C25H45N4O10P/c1-3-4-5-7-10-13-20-16-29(28-27-20)15-12-9-6-8-11-14-22(31)25(34)37-17-21(30)18-38-40(35,36)39-19(2)23(26)24(32)33/h16,19,21,23,30H,3-15,17-18,26H2,1-2H3,(H,32,33)(H,35,36)/t19-,21+,23-/m0/s1. The second-order valence-electron chi connectivity index (χ2n) is 9.77. The summed E-state index contributed by atoms with van der Waals surface area (Å²) >= 11 is 0. The number of hydrogen-bond acceptors (Lipinski definition) is 11. The van der Waals surface area contributed by atoms with E-state index in [0.717, 1.165) is 50.8 Å². The molecule has 0 aliphatic carbocycles. The average Bonchev–Trinajstić information content (AvgIpc) is 3.36. The summed E-state index contributed by atoms with van der Waals surface area (Å²) in [5, 5.41) is 27.0. The van der Waals surface area contributed by atoms with E-state index in [1.54, 1.807) is 0 Å². The molecule has 40 heavy (non-hydrogen) atoms. The van der Waals surface area contributed by atoms with Crippen LogP contribution in [-0.4, -0.2) is 79.3 Å². The quantitative estimate of drug-likeness (QED) is 0.0588. The van der Waals surface area contributed by atoms with Crippen LogP contribution in [0.4, 0.5) is 0 Å². The van der Waals surface area contributed by atoms with Gasteiger partial charge in [0.25, 0.3) is 0 Å². The maximum absolute atomic E-state index is 11.9. The molecule has 0 saturated carbocycles. The molecule has 0 saturated heterocycles. The van der Waals surface area contributed by atoms with Crippen molar-refractivity contribution in [2.45, 2.75) is 116 Å². The number of esters is 1. The number of carbonyl (C=O) groups is 3. The molecular formula is C25H45N4O10P. The number of carboxylic acids is 1. The number of nitrogens with zero attached hydrogens (tertiary/aromatic N) is 3. The maximum atomic E-state index is 11.9. The van der Waals surface area contributed by atoms with E-state index < -0.39 is 57.0 Å². The first-order chi connectivity index (χ1) is 18.9. The molecule has 0 aliphatic rings. The fraction of sp³-hybridized carbons (Fsp3) is 0.800. The van der Waals surface area contributed by atoms with Crippen LogP contribution < -0.4 is 5.73 Å². The van der Waals surface area contributed by atoms with Gasteiger partial charge in [0.2, 0.25) is 5.78 Å². The van der Waals surface area contributed by atoms with Crippen LogP contribution in [-0.2, 0) is 45.7 Å². The zero-order valence-electron chi connectivity index (χ0n) is 23.5. The molecule has 4 atom stereocenters. The Kier molecular flexibility index (Phi) is 17.7. The van der Waals surface area contributed by atoms with E-state index in [0.29, 0.717) is 6.42 Å². The fourth-order valence-electron chi connectivity index (χ4n) is 3.65. The van der Waals surface area contributed by atoms with E-state index in [4.69, 9.17) is 15.6 Å². The number of phosphoric ester groups is 1. The van der Waals surface area contributed by atoms with Gasteiger partial charge < -0.3 is 25.6 Å². The summed E-state index contributed by atoms with van der Waals surface area (Å²) in [6.45, 7) is 2.74. The first kappa shape index (κ1) is 35.8. The lowest BCUT2D eigenvalue weighted by Crippen LogP contribution is -2.41. The summed E-state index contributed by atoms with van der Waals surface area (Å²) in [7, 11) is -4.73. The highest BCUT2D eigenvalue weighted by Crippen LogP contribution is 2.44. The van der Waals surface area contributed by atoms with E-state index in [9.17, 15) is 28.9 Å². The van der Waals surface area contributed by atoms with Gasteiger partial charge in [0.15, 0.2) is 0 Å². The molecule has 1 unspecified atom stereocenters. The molecule has 0 bridgehead atoms. The molecule has 1 aromatic rings. The van der Waals surface area contributed by atoms with Gasteiger partial charge in [-0.3, -0.25) is 23.3 Å². The second kappa shape index (κ2) is 19.8. The maximum Gasteiger partial charge on any atom is 0.472 e. The van der Waals surface area contributed by atoms with Crippen LogP contribution in [0.1, 0.15) is 90.2 Å². The third-order valence-electron chi connectivity index (χ3n) is 6.07. The Labute approximate surface area is 235 Å². The van der Waals surface area contributed by atoms with E-state index in [1.807, 2.05) is 10.9 Å². The number of ketones is 1. The Morgan fingerprint density at radius 2 is 1.70 bits per heavy atom. The Bertz CT molecular complexity index is 944. The molecule has 1 rings (SSSR count). The third kappa shape index (κ3) is 16.1. The van der Waals surface area contributed by atoms with Crippen molar-refractivity contribution in [2.24, 2.45) is 5.73 Å². The van der Waals surface area contributed by atoms with Crippen LogP contribution in [0.25, 0.3) is 0 Å². The molecule has 230 valence electrons. The van der Waals surface area contributed by atoms with Gasteiger partial charge in [0.1, 0.15) is 18.8 Å². The smallest absolute Gasteiger partial charge is 0.472 e. The van der Waals surface area contributed by atoms with Gasteiger partial charge in [0.05, 0.1) is 18.4 Å². The van der Waals surface area contributed by atoms with E-state index in [1.165, 1.54) is 32.6 Å². The first-order valence-electron chi connectivity index (χ1n) is 13.9. The molecular weight excluding hydrogens is 547 g/mol. The highest BCUT2D eigenvalue weighted by molar-refractivity contribution is 7.47. The first-order valence-corrected chi connectivity index (χ1v) is 15.4. The van der Waals surface area contributed by atoms with Gasteiger partial charge in [0, 0.05) is 19.2 Å². The number of aliphatic hydroxyl groups excluding tert-OH is 1. The predicted molar refractivity (Wildman–Crippen MR) is 144 cm³/mol. The molecule has 1 heterocycles. The van der Waals surface area contributed by atoms with Crippen molar-refractivity contribution in [3.05, 3.63) is 11.9 Å². The molecule has 15 heteroatoms. The molecule has 0 spiro atoms. The fourth-order valence-corrected chi connectivity index (χ4v) is 4.62. The van der Waals surface area contributed by atoms with Crippen molar-refractivity contribution in [2.75, 3.05) is 13.2 Å². The summed E-state index contributed by atoms with van der Waals surface area (Å²) in [5.74, 6) is -3.29. The summed E-state index contributed by atoms with van der Waals surface area (Å²) in [6.07, 6.45) is 10.3. The van der Waals surface area contributed by atoms with Gasteiger partial charge in [-0.25, -0.2) is 9.36 Å². The molecule has 1 aromatic heterocycles. The number of phosphoric acid groups is 1. The normalized spacial score (nSPS) is 15.2. The number of Topliss-reactive ketones (excluding diaryl/α,β-unsaturated/α-hetero) is 1. The van der Waals surface area contributed by atoms with E-state index in [-0.39, 0.29) is 6.42 Å². The minimum atomic E-state index is -4.73. The van der Waals surface area contributed by atoms with Crippen LogP contribution in [0.3, 0.4) is 0 Å². The molecule has 0 aromatic carbocycles. The third-order valence-corrected chi connectivity index (χ3v) is 7.14. The lowest BCUT2D eigenvalue weighted by Gasteiger charge is -2.21. The summed E-state index contributed by atoms with van der Waals surface area (Å²) < 4.78 is 27.6. The number of nitrogens with two attached hydrogens (primary N) is 1. The zero-order chi connectivity index (χ0) is 30.0. The Morgan fingerprint density at radius 1 is 1.05 bits per heavy atom. The van der Waals surface area contributed by atoms with Crippen molar-refractivity contribution in [1.82, 2.24) is 15.0 Å². The number of rotatable bonds is 24. The van der Waals surface area contributed by atoms with Gasteiger partial charge in [-0.05, 0) is 32.6 Å². The number of carbonyl (C=O) groups excluding carboxylic acids is 2. The number of aliphatic carboxylic acids is 1. The van der Waals surface area contributed by atoms with Crippen LogP contribution in [0.15, 0.2) is 6.20 Å². The highest BCUT2D eigenvalue weighted by atomic mass is 31.2. The largest absolute Gasteiger partial charge is 0.480 e. The molecule has 14 nitrogen and oxygen atoms in total. The Morgan fingerprint density at radius 3 is 2.40 bits per heavy atom. The van der Waals surface area contributed by atoms with Crippen LogP contribution >= 0.6 is 7.82 Å². The molecule has 0 aliphatic heterocycles. The van der Waals surface area contributed by atoms with Gasteiger partial charge >= 0.3 is 19.8 Å². The minimum Gasteiger partial charge on any atom is -0.480 e. The number of aliphatic hydroxyl groups is 1. The number of aryl methyl sites for hydroxylation is 2. The Hall–Kier alpha value is -2.22. The topological polar surface area (TPSA) is 213 Å². The van der Waals surface area contributed by atoms with Crippen molar-refractivity contribution < 1.29 is 47.8 Å². The summed E-state index contributed by atoms with van der Waals surface area (Å²) in [4.78, 5) is 44.2. The number of hydrogen-bond donors (Lipinski definition) is 4. The lowest BCUT2D eigenvalue weighted by atomic mass is 10.1. The number of unbranched alkanes of at least 4 members (excludes halogenated alkanes) is 8. The summed E-state index contributed by atoms with van der Waals surface area (Å²) in [5.41, 5.74) is 6.31. The SMILES string of the molecule is CCCCCCCc1cn(CCCCCCCC(=O)C(=O)OC[C@@H](O)COP(=O)(O)O[C@@H](C)[C@H](N)C(=O)O)nn1. The van der Waals surface area contributed by atoms with Gasteiger partial charge in [-0.2, -0.15) is 0 Å². The molecule has 0 amide bonds. The predicted octanol–water partition coefficient (Wildman–Crippen LogP) is 2.54. The van der Waals surface area contributed by atoms with E-state index >= 15 is 0 Å². The van der Waals surface area contributed by atoms with Crippen molar-refractivity contribution >= 4 is 25.5 Å². The Balaban J connectivity index is 2.12. The van der Waals surface area contributed by atoms with Crippen LogP contribution in [0.2, 0.25) is 0 Å². The van der Waals surface area contributed by atoms with Crippen molar-refractivity contribution in [3.8, 4) is 0 Å². The lowest BCUT2D eigenvalue weighted by molar-refractivity contribution is -0.156. The average molecular weight is 593 g/mol.